The van der Waals surface area contributed by atoms with E-state index in [0.717, 1.165) is 53.0 Å². The molecule has 3 N–H and O–H groups in total. The van der Waals surface area contributed by atoms with Gasteiger partial charge in [0, 0.05) is 40.4 Å². The summed E-state index contributed by atoms with van der Waals surface area (Å²) in [6.07, 6.45) is 8.55. The van der Waals surface area contributed by atoms with Crippen LogP contribution in [0.4, 0.5) is 5.69 Å². The number of nitrogens with zero attached hydrogens (tertiary/aromatic N) is 3. The van der Waals surface area contributed by atoms with Gasteiger partial charge in [0.05, 0.1) is 30.1 Å². The van der Waals surface area contributed by atoms with Crippen molar-refractivity contribution in [2.24, 2.45) is 5.92 Å². The molecule has 0 unspecified atom stereocenters. The summed E-state index contributed by atoms with van der Waals surface area (Å²) in [5.74, 6) is -0.464. The van der Waals surface area contributed by atoms with E-state index in [4.69, 9.17) is 19.4 Å². The smallest absolute Gasteiger partial charge is 0.259 e. The lowest BCUT2D eigenvalue weighted by Gasteiger charge is -2.30. The van der Waals surface area contributed by atoms with Crippen molar-refractivity contribution < 1.29 is 32.3 Å². The molecule has 2 saturated carbocycles. The van der Waals surface area contributed by atoms with E-state index in [-0.39, 0.29) is 37.1 Å². The highest BCUT2D eigenvalue weighted by molar-refractivity contribution is 7.91. The second-order valence-electron chi connectivity index (χ2n) is 16.6. The number of methoxy groups -OCH3 is 1. The Morgan fingerprint density at radius 2 is 1.83 bits per heavy atom. The Labute approximate surface area is 349 Å². The number of amides is 3. The van der Waals surface area contributed by atoms with Gasteiger partial charge >= 0.3 is 0 Å². The highest BCUT2D eigenvalue weighted by Crippen LogP contribution is 2.46. The van der Waals surface area contributed by atoms with Crippen LogP contribution in [0.3, 0.4) is 0 Å². The van der Waals surface area contributed by atoms with Gasteiger partial charge in [-0.2, -0.15) is 0 Å². The van der Waals surface area contributed by atoms with Gasteiger partial charge in [0.1, 0.15) is 45.9 Å². The summed E-state index contributed by atoms with van der Waals surface area (Å²) < 4.78 is 40.7. The minimum absolute atomic E-state index is 0.103. The summed E-state index contributed by atoms with van der Waals surface area (Å²) >= 11 is 1.51. The first-order valence-corrected chi connectivity index (χ1v) is 23.1. The van der Waals surface area contributed by atoms with Crippen molar-refractivity contribution in [2.45, 2.75) is 113 Å². The number of ether oxygens (including phenoxy) is 2. The van der Waals surface area contributed by atoms with Gasteiger partial charge in [-0.3, -0.25) is 19.1 Å². The summed E-state index contributed by atoms with van der Waals surface area (Å²) in [5, 5.41) is 9.34. The van der Waals surface area contributed by atoms with Crippen molar-refractivity contribution in [2.75, 3.05) is 19.0 Å². The normalized spacial score (nSPS) is 25.6. The largest absolute Gasteiger partial charge is 0.496 e. The lowest BCUT2D eigenvalue weighted by atomic mass is 10.0. The molecule has 15 heteroatoms. The number of benzene rings is 2. The number of allylic oxidation sites excluding steroid dienone is 1. The molecule has 2 aromatic carbocycles. The van der Waals surface area contributed by atoms with Crippen LogP contribution >= 0.6 is 11.3 Å². The van der Waals surface area contributed by atoms with Crippen molar-refractivity contribution in [3.8, 4) is 22.2 Å². The average Bonchev–Trinajstić information content (AvgIpc) is 4.09. The zero-order valence-corrected chi connectivity index (χ0v) is 35.5. The molecule has 5 atom stereocenters. The molecule has 0 spiro atoms. The van der Waals surface area contributed by atoms with Crippen LogP contribution < -0.4 is 24.8 Å². The molecule has 0 radical (unpaired) electrons. The number of aromatic nitrogens is 2. The minimum Gasteiger partial charge on any atom is -0.496 e. The Kier molecular flexibility index (Phi) is 11.4. The summed E-state index contributed by atoms with van der Waals surface area (Å²) in [4.78, 5) is 54.9. The van der Waals surface area contributed by atoms with E-state index in [1.165, 1.54) is 11.3 Å². The van der Waals surface area contributed by atoms with Crippen LogP contribution in [0, 0.1) is 12.8 Å². The lowest BCUT2D eigenvalue weighted by Crippen LogP contribution is -2.57. The van der Waals surface area contributed by atoms with E-state index in [0.29, 0.717) is 42.0 Å². The Hall–Kier alpha value is -5.02. The van der Waals surface area contributed by atoms with Crippen LogP contribution in [-0.4, -0.2) is 83.6 Å². The van der Waals surface area contributed by atoms with Crippen molar-refractivity contribution >= 4 is 55.7 Å². The van der Waals surface area contributed by atoms with Crippen LogP contribution in [0.2, 0.25) is 0 Å². The minimum atomic E-state index is -3.87. The zero-order chi connectivity index (χ0) is 41.5. The maximum Gasteiger partial charge on any atom is 0.259 e. The van der Waals surface area contributed by atoms with Crippen LogP contribution in [0.15, 0.2) is 66.1 Å². The molecule has 2 aliphatic heterocycles. The number of aryl methyl sites for hydroxylation is 1. The molecule has 4 aliphatic rings. The van der Waals surface area contributed by atoms with Crippen molar-refractivity contribution in [3.63, 3.8) is 0 Å². The fourth-order valence-electron chi connectivity index (χ4n) is 8.24. The van der Waals surface area contributed by atoms with E-state index in [1.54, 1.807) is 12.0 Å². The monoisotopic (exact) mass is 840 g/mol. The maximum absolute atomic E-state index is 14.8. The van der Waals surface area contributed by atoms with Gasteiger partial charge in [0.2, 0.25) is 21.8 Å². The number of hydrogen-bond donors (Lipinski definition) is 3. The Bertz CT molecular complexity index is 2380. The van der Waals surface area contributed by atoms with Gasteiger partial charge in [0.15, 0.2) is 0 Å². The third-order valence-electron chi connectivity index (χ3n) is 12.0. The first-order chi connectivity index (χ1) is 28.4. The Balaban J connectivity index is 1.15. The van der Waals surface area contributed by atoms with Gasteiger partial charge in [-0.1, -0.05) is 57.0 Å². The Morgan fingerprint density at radius 1 is 1.03 bits per heavy atom. The number of pyridine rings is 1. The number of sulfonamides is 1. The van der Waals surface area contributed by atoms with Crippen LogP contribution in [0.25, 0.3) is 21.6 Å². The molecule has 312 valence electrons. The number of fused-ring (bicyclic) bond motifs is 3. The fraction of sp³-hybridized carbons (Fsp3) is 0.477. The van der Waals surface area contributed by atoms with Gasteiger partial charge in [-0.15, -0.1) is 11.3 Å². The molecular formula is C44H52N6O7S2. The molecule has 4 heterocycles. The third-order valence-corrected chi connectivity index (χ3v) is 14.7. The third kappa shape index (κ3) is 8.54. The molecule has 2 aromatic heterocycles. The van der Waals surface area contributed by atoms with E-state index in [2.05, 4.69) is 29.2 Å². The molecule has 13 nitrogen and oxygen atoms in total. The summed E-state index contributed by atoms with van der Waals surface area (Å²) in [6.45, 7) is 6.23. The molecule has 8 rings (SSSR count). The zero-order valence-electron chi connectivity index (χ0n) is 33.9. The summed E-state index contributed by atoms with van der Waals surface area (Å²) in [6, 6.07) is 13.5. The van der Waals surface area contributed by atoms with Gasteiger partial charge < -0.3 is 25.0 Å². The average molecular weight is 841 g/mol. The predicted octanol–water partition coefficient (Wildman–Crippen LogP) is 6.63. The summed E-state index contributed by atoms with van der Waals surface area (Å²) in [5.41, 5.74) is 2.45. The number of para-hydroxylation sites is 1. The van der Waals surface area contributed by atoms with Gasteiger partial charge in [-0.05, 0) is 75.6 Å². The van der Waals surface area contributed by atoms with E-state index in [1.807, 2.05) is 73.0 Å². The molecule has 1 saturated heterocycles. The number of anilines is 1. The van der Waals surface area contributed by atoms with Crippen molar-refractivity contribution in [1.29, 1.82) is 0 Å². The number of carbonyl (C=O) groups is 3. The van der Waals surface area contributed by atoms with Crippen molar-refractivity contribution in [3.05, 3.63) is 77.3 Å². The molecule has 2 aliphatic carbocycles. The van der Waals surface area contributed by atoms with Crippen molar-refractivity contribution in [1.82, 2.24) is 24.9 Å². The Morgan fingerprint density at radius 3 is 2.56 bits per heavy atom. The molecule has 59 heavy (non-hydrogen) atoms. The molecule has 0 bridgehead atoms. The van der Waals surface area contributed by atoms with Gasteiger partial charge in [0.25, 0.3) is 5.91 Å². The standard InChI is InChI=1S/C44H52N6O7S2/c1-26(2)35-25-58-41(47-35)34-22-38(32-19-20-37(56-4)27(3)39(32)46-34)57-30-21-36-40(51)48-44(43(53)49-59(54,55)31-17-18-31)23-28(44)13-9-6-5-7-12-16-33(42(52)50(36)24-30)45-29-14-10-8-11-15-29/h8-11,13-15,19-20,22,25-26,28,30-31,33,36,45H,5-7,12,16-18,21,23-24H2,1-4H3,(H,48,51)(H,49,53)/b13-9-/t28-,30+,33-,36-,44+/m0/s1. The fourth-order valence-corrected chi connectivity index (χ4v) is 10.5. The SMILES string of the molecule is COc1ccc2c(O[C@@H]3C[C@H]4C(=O)N[C@]5(C(=O)NS(=O)(=O)C6CC6)C[C@@H]5/C=C\CCCCC[C@H](Nc5ccccc5)C(=O)N4C3)cc(-c3nc(C(C)C)cs3)nc2c1C. The topological polar surface area (TPSA) is 169 Å². The van der Waals surface area contributed by atoms with Crippen LogP contribution in [-0.2, 0) is 24.4 Å². The summed E-state index contributed by atoms with van der Waals surface area (Å²) in [7, 11) is -2.26. The number of carbonyl (C=O) groups excluding carboxylic acids is 3. The number of rotatable bonds is 10. The molecule has 3 fully saturated rings. The molecule has 4 aromatic rings. The van der Waals surface area contributed by atoms with Crippen LogP contribution in [0.1, 0.15) is 88.8 Å². The quantitative estimate of drug-likeness (QED) is 0.148. The highest BCUT2D eigenvalue weighted by Gasteiger charge is 2.62. The number of thiazole rings is 1. The van der Waals surface area contributed by atoms with E-state index < -0.39 is 50.8 Å². The second-order valence-corrected chi connectivity index (χ2v) is 19.4. The first-order valence-electron chi connectivity index (χ1n) is 20.6. The first kappa shape index (κ1) is 40.7. The molecule has 3 amide bonds. The number of hydrogen-bond acceptors (Lipinski definition) is 11. The predicted molar refractivity (Wildman–Crippen MR) is 228 cm³/mol. The maximum atomic E-state index is 14.8. The highest BCUT2D eigenvalue weighted by atomic mass is 32.2. The molecular weight excluding hydrogens is 789 g/mol. The van der Waals surface area contributed by atoms with Crippen LogP contribution in [0.5, 0.6) is 11.5 Å². The van der Waals surface area contributed by atoms with E-state index >= 15 is 0 Å². The second kappa shape index (κ2) is 16.6. The van der Waals surface area contributed by atoms with E-state index in [9.17, 15) is 22.8 Å². The number of nitrogens with one attached hydrogen (secondary N) is 3. The van der Waals surface area contributed by atoms with Gasteiger partial charge in [-0.25, -0.2) is 18.4 Å². The lowest BCUT2D eigenvalue weighted by molar-refractivity contribution is -0.140.